The summed E-state index contributed by atoms with van der Waals surface area (Å²) in [4.78, 5) is 0. The highest BCUT2D eigenvalue weighted by molar-refractivity contribution is 5.68. The topological polar surface area (TPSA) is 35.8 Å². The van der Waals surface area contributed by atoms with Gasteiger partial charge in [-0.2, -0.15) is 18.4 Å². The van der Waals surface area contributed by atoms with E-state index in [2.05, 4.69) is 5.32 Å². The van der Waals surface area contributed by atoms with E-state index in [1.807, 2.05) is 13.0 Å². The third-order valence-corrected chi connectivity index (χ3v) is 3.20. The Labute approximate surface area is 126 Å². The molecule has 0 unspecified atom stereocenters. The van der Waals surface area contributed by atoms with Crippen LogP contribution in [-0.4, -0.2) is 6.18 Å². The zero-order chi connectivity index (χ0) is 16.9. The molecule has 22 heavy (non-hydrogen) atoms. The Morgan fingerprint density at radius 2 is 1.95 bits per heavy atom. The normalized spacial score (nSPS) is 13.5. The Hall–Kier alpha value is -2.29. The van der Waals surface area contributed by atoms with Crippen LogP contribution in [0.25, 0.3) is 5.70 Å². The number of nitrogens with zero attached hydrogens (tertiary/aromatic N) is 1. The van der Waals surface area contributed by atoms with E-state index in [4.69, 9.17) is 5.26 Å². The van der Waals surface area contributed by atoms with E-state index in [1.54, 1.807) is 6.92 Å². The monoisotopic (exact) mass is 312 g/mol. The molecule has 0 radical (unpaired) electrons. The smallest absolute Gasteiger partial charge is 0.361 e. The highest BCUT2D eigenvalue weighted by Crippen LogP contribution is 2.26. The molecule has 0 saturated carbocycles. The quantitative estimate of drug-likeness (QED) is 0.803. The number of allylic oxidation sites excluding steroid dienone is 2. The molecular weight excluding hydrogens is 296 g/mol. The van der Waals surface area contributed by atoms with Gasteiger partial charge in [-0.3, -0.25) is 0 Å². The Morgan fingerprint density at radius 1 is 1.32 bits per heavy atom. The summed E-state index contributed by atoms with van der Waals surface area (Å²) in [7, 11) is 0. The van der Waals surface area contributed by atoms with Crippen molar-refractivity contribution in [2.75, 3.05) is 0 Å². The molecule has 0 aliphatic heterocycles. The number of nitrogens with one attached hydrogen (secondary N) is 1. The summed E-state index contributed by atoms with van der Waals surface area (Å²) in [6.07, 6.45) is -3.09. The molecular formula is C16H16F4N2. The average Bonchev–Trinajstić information content (AvgIpc) is 2.46. The van der Waals surface area contributed by atoms with Gasteiger partial charge in [-0.15, -0.1) is 0 Å². The van der Waals surface area contributed by atoms with Crippen molar-refractivity contribution >= 4 is 5.70 Å². The van der Waals surface area contributed by atoms with E-state index in [0.29, 0.717) is 12.0 Å². The fourth-order valence-electron chi connectivity index (χ4n) is 1.66. The van der Waals surface area contributed by atoms with Crippen LogP contribution in [0, 0.1) is 17.1 Å². The van der Waals surface area contributed by atoms with Crippen molar-refractivity contribution in [3.63, 3.8) is 0 Å². The van der Waals surface area contributed by atoms with Crippen LogP contribution in [0.5, 0.6) is 0 Å². The van der Waals surface area contributed by atoms with E-state index < -0.39 is 17.6 Å². The molecule has 1 rings (SSSR count). The minimum atomic E-state index is -4.44. The van der Waals surface area contributed by atoms with Crippen molar-refractivity contribution in [1.29, 1.82) is 5.26 Å². The summed E-state index contributed by atoms with van der Waals surface area (Å²) in [5.74, 6) is -0.660. The third kappa shape index (κ3) is 4.35. The van der Waals surface area contributed by atoms with Gasteiger partial charge >= 0.3 is 6.18 Å². The molecule has 0 heterocycles. The zero-order valence-electron chi connectivity index (χ0n) is 12.5. The Balaban J connectivity index is 3.26. The van der Waals surface area contributed by atoms with E-state index in [1.165, 1.54) is 12.1 Å². The first-order chi connectivity index (χ1) is 10.2. The minimum Gasteiger partial charge on any atom is -0.361 e. The summed E-state index contributed by atoms with van der Waals surface area (Å²) in [6, 6.07) is 5.67. The minimum absolute atomic E-state index is 0.129. The van der Waals surface area contributed by atoms with E-state index >= 15 is 0 Å². The highest BCUT2D eigenvalue weighted by Gasteiger charge is 2.30. The van der Waals surface area contributed by atoms with Crippen molar-refractivity contribution in [1.82, 2.24) is 5.32 Å². The van der Waals surface area contributed by atoms with Gasteiger partial charge < -0.3 is 5.32 Å². The second-order valence-corrected chi connectivity index (χ2v) is 4.78. The first-order valence-electron chi connectivity index (χ1n) is 6.61. The first kappa shape index (κ1) is 17.8. The number of halogens is 4. The van der Waals surface area contributed by atoms with Crippen molar-refractivity contribution < 1.29 is 17.6 Å². The van der Waals surface area contributed by atoms with Crippen LogP contribution in [0.4, 0.5) is 17.6 Å². The summed E-state index contributed by atoms with van der Waals surface area (Å²) in [6.45, 7) is 4.46. The van der Waals surface area contributed by atoms with Gasteiger partial charge in [0.05, 0.1) is 11.6 Å². The lowest BCUT2D eigenvalue weighted by molar-refractivity contribution is -0.0916. The number of rotatable bonds is 4. The molecule has 0 spiro atoms. The van der Waals surface area contributed by atoms with Gasteiger partial charge in [-0.1, -0.05) is 6.92 Å². The molecule has 2 nitrogen and oxygen atoms in total. The maximum Gasteiger partial charge on any atom is 0.413 e. The van der Waals surface area contributed by atoms with E-state index in [0.717, 1.165) is 19.2 Å². The lowest BCUT2D eigenvalue weighted by Gasteiger charge is -2.15. The Morgan fingerprint density at radius 3 is 2.41 bits per heavy atom. The molecule has 0 saturated heterocycles. The van der Waals surface area contributed by atoms with E-state index in [9.17, 15) is 17.6 Å². The molecule has 0 fully saturated rings. The predicted molar refractivity (Wildman–Crippen MR) is 76.9 cm³/mol. The van der Waals surface area contributed by atoms with Crippen LogP contribution in [-0.2, 0) is 0 Å². The first-order valence-corrected chi connectivity index (χ1v) is 6.61. The summed E-state index contributed by atoms with van der Waals surface area (Å²) in [5.41, 5.74) is 0.437. The molecule has 0 bridgehead atoms. The highest BCUT2D eigenvalue weighted by atomic mass is 19.4. The summed E-state index contributed by atoms with van der Waals surface area (Å²) < 4.78 is 51.7. The van der Waals surface area contributed by atoms with Crippen LogP contribution in [0.3, 0.4) is 0 Å². The van der Waals surface area contributed by atoms with Gasteiger partial charge in [0.2, 0.25) is 0 Å². The van der Waals surface area contributed by atoms with Crippen molar-refractivity contribution in [3.05, 3.63) is 52.5 Å². The second-order valence-electron chi connectivity index (χ2n) is 4.78. The largest absolute Gasteiger partial charge is 0.413 e. The fourth-order valence-corrected chi connectivity index (χ4v) is 1.66. The molecule has 0 atom stereocenters. The van der Waals surface area contributed by atoms with Crippen molar-refractivity contribution in [2.24, 2.45) is 0 Å². The molecule has 0 aliphatic carbocycles. The third-order valence-electron chi connectivity index (χ3n) is 3.20. The predicted octanol–water partition coefficient (Wildman–Crippen LogP) is 4.89. The van der Waals surface area contributed by atoms with Gasteiger partial charge in [-0.05, 0) is 44.0 Å². The van der Waals surface area contributed by atoms with Gasteiger partial charge in [0, 0.05) is 23.0 Å². The molecule has 1 aromatic carbocycles. The molecule has 0 aliphatic rings. The van der Waals surface area contributed by atoms with Gasteiger partial charge in [0.15, 0.2) is 0 Å². The SMILES string of the molecule is CC/C(C)=C(/N/C=C(\C)C(F)(F)F)c1ccc(C#N)cc1F. The summed E-state index contributed by atoms with van der Waals surface area (Å²) >= 11 is 0. The molecule has 0 amide bonds. The maximum absolute atomic E-state index is 14.1. The lowest BCUT2D eigenvalue weighted by Crippen LogP contribution is -2.15. The number of hydrogen-bond acceptors (Lipinski definition) is 2. The van der Waals surface area contributed by atoms with Crippen LogP contribution in [0.2, 0.25) is 0 Å². The number of alkyl halides is 3. The zero-order valence-corrected chi connectivity index (χ0v) is 12.5. The van der Waals surface area contributed by atoms with Gasteiger partial charge in [0.25, 0.3) is 0 Å². The summed E-state index contributed by atoms with van der Waals surface area (Å²) in [5, 5.41) is 11.3. The fraction of sp³-hybridized carbons (Fsp3) is 0.312. The number of nitriles is 1. The van der Waals surface area contributed by atoms with Crippen molar-refractivity contribution in [2.45, 2.75) is 33.4 Å². The molecule has 6 heteroatoms. The van der Waals surface area contributed by atoms with E-state index in [-0.39, 0.29) is 16.8 Å². The standard InChI is InChI=1S/C16H16F4N2/c1-4-10(2)15(22-9-11(3)16(18,19)20)13-6-5-12(8-21)7-14(13)17/h5-7,9,22H,4H2,1-3H3/b11-9+,15-10+. The molecule has 0 aromatic heterocycles. The van der Waals surface area contributed by atoms with Crippen LogP contribution in [0.1, 0.15) is 38.3 Å². The molecule has 1 aromatic rings. The number of hydrogen-bond donors (Lipinski definition) is 1. The van der Waals surface area contributed by atoms with Crippen LogP contribution < -0.4 is 5.32 Å². The molecule has 1 N–H and O–H groups in total. The van der Waals surface area contributed by atoms with Crippen LogP contribution >= 0.6 is 0 Å². The van der Waals surface area contributed by atoms with Crippen molar-refractivity contribution in [3.8, 4) is 6.07 Å². The van der Waals surface area contributed by atoms with Gasteiger partial charge in [0.1, 0.15) is 5.82 Å². The Bertz CT molecular complexity index is 649. The lowest BCUT2D eigenvalue weighted by atomic mass is 10.0. The van der Waals surface area contributed by atoms with Gasteiger partial charge in [-0.25, -0.2) is 4.39 Å². The average molecular weight is 312 g/mol. The Kier molecular flexibility index (Phi) is 5.75. The second kappa shape index (κ2) is 7.12. The van der Waals surface area contributed by atoms with Crippen LogP contribution in [0.15, 0.2) is 35.5 Å². The maximum atomic E-state index is 14.1. The molecule has 118 valence electrons. The number of benzene rings is 1.